The highest BCUT2D eigenvalue weighted by atomic mass is 35.5. The molecule has 0 radical (unpaired) electrons. The van der Waals surface area contributed by atoms with Crippen molar-refractivity contribution in [1.29, 1.82) is 0 Å². The van der Waals surface area contributed by atoms with E-state index < -0.39 is 0 Å². The molecule has 1 rings (SSSR count). The van der Waals surface area contributed by atoms with Crippen LogP contribution in [0.4, 0.5) is 0 Å². The van der Waals surface area contributed by atoms with Crippen LogP contribution in [0, 0.1) is 0 Å². The molecule has 0 aliphatic carbocycles. The van der Waals surface area contributed by atoms with E-state index in [0.717, 1.165) is 12.8 Å². The molecule has 0 saturated heterocycles. The van der Waals surface area contributed by atoms with Crippen molar-refractivity contribution in [1.82, 2.24) is 0 Å². The Bertz CT molecular complexity index is 333. The van der Waals surface area contributed by atoms with Gasteiger partial charge in [-0.25, -0.2) is 0 Å². The quantitative estimate of drug-likeness (QED) is 0.583. The average molecular weight is 298 g/mol. The normalized spacial score (nSPS) is 12.8. The fraction of sp³-hybridized carbons (Fsp3) is 0.667. The minimum Gasteiger partial charge on any atom is -0.325 e. The van der Waals surface area contributed by atoms with Gasteiger partial charge >= 0.3 is 0 Å². The van der Waals surface area contributed by atoms with Gasteiger partial charge in [-0.3, -0.25) is 0 Å². The van der Waals surface area contributed by atoms with Crippen LogP contribution >= 0.6 is 12.4 Å². The third-order valence-corrected chi connectivity index (χ3v) is 4.56. The summed E-state index contributed by atoms with van der Waals surface area (Å²) < 4.78 is 0. The molecule has 0 aromatic heterocycles. The van der Waals surface area contributed by atoms with Gasteiger partial charge < -0.3 is 5.73 Å². The smallest absolute Gasteiger partial charge is 0.0218 e. The summed E-state index contributed by atoms with van der Waals surface area (Å²) >= 11 is 0. The van der Waals surface area contributed by atoms with Gasteiger partial charge in [0.1, 0.15) is 0 Å². The maximum absolute atomic E-state index is 6.69. The predicted octanol–water partition coefficient (Wildman–Crippen LogP) is 5.68. The average Bonchev–Trinajstić information content (AvgIpc) is 2.47. The summed E-state index contributed by atoms with van der Waals surface area (Å²) in [5, 5.41) is 0. The second-order valence-corrected chi connectivity index (χ2v) is 5.75. The molecule has 1 aromatic rings. The number of hydrogen-bond acceptors (Lipinski definition) is 1. The molecule has 2 heteroatoms. The summed E-state index contributed by atoms with van der Waals surface area (Å²) in [6.07, 6.45) is 8.61. The highest BCUT2D eigenvalue weighted by Gasteiger charge is 2.31. The van der Waals surface area contributed by atoms with Gasteiger partial charge in [0, 0.05) is 11.5 Å². The van der Waals surface area contributed by atoms with E-state index in [9.17, 15) is 0 Å². The van der Waals surface area contributed by atoms with Crippen molar-refractivity contribution >= 4 is 12.4 Å². The first-order valence-corrected chi connectivity index (χ1v) is 8.01. The van der Waals surface area contributed by atoms with Crippen molar-refractivity contribution in [3.63, 3.8) is 0 Å². The Labute approximate surface area is 131 Å². The Morgan fingerprint density at radius 2 is 1.55 bits per heavy atom. The fourth-order valence-electron chi connectivity index (χ4n) is 2.99. The molecule has 1 atom stereocenters. The van der Waals surface area contributed by atoms with Crippen LogP contribution in [0.5, 0.6) is 0 Å². The summed E-state index contributed by atoms with van der Waals surface area (Å²) in [5.74, 6) is 0.501. The Morgan fingerprint density at radius 1 is 0.950 bits per heavy atom. The van der Waals surface area contributed by atoms with E-state index in [1.165, 1.54) is 37.7 Å². The zero-order valence-electron chi connectivity index (χ0n) is 13.4. The van der Waals surface area contributed by atoms with Gasteiger partial charge in [-0.2, -0.15) is 0 Å². The molecule has 0 amide bonds. The SMILES string of the molecule is CCCCCCC(c1ccccc1)C(N)(CC)CC.Cl. The van der Waals surface area contributed by atoms with Crippen LogP contribution in [0.25, 0.3) is 0 Å². The molecule has 1 unspecified atom stereocenters. The van der Waals surface area contributed by atoms with Crippen LogP contribution in [0.2, 0.25) is 0 Å². The molecule has 0 aliphatic heterocycles. The van der Waals surface area contributed by atoms with Crippen LogP contribution in [-0.2, 0) is 0 Å². The molecular formula is C18H32ClN. The standard InChI is InChI=1S/C18H31N.ClH/c1-4-7-8-12-15-17(18(19,5-2)6-3)16-13-10-9-11-14-16;/h9-11,13-14,17H,4-8,12,15,19H2,1-3H3;1H. The first-order valence-electron chi connectivity index (χ1n) is 8.01. The van der Waals surface area contributed by atoms with Crippen LogP contribution in [0.3, 0.4) is 0 Å². The summed E-state index contributed by atoms with van der Waals surface area (Å²) in [5.41, 5.74) is 8.06. The zero-order chi connectivity index (χ0) is 14.1. The zero-order valence-corrected chi connectivity index (χ0v) is 14.2. The number of benzene rings is 1. The molecule has 0 spiro atoms. The number of halogens is 1. The van der Waals surface area contributed by atoms with Crippen molar-refractivity contribution in [3.05, 3.63) is 35.9 Å². The lowest BCUT2D eigenvalue weighted by molar-refractivity contribution is 0.300. The largest absolute Gasteiger partial charge is 0.325 e. The summed E-state index contributed by atoms with van der Waals surface area (Å²) in [6.45, 7) is 6.72. The molecule has 0 aliphatic rings. The van der Waals surface area contributed by atoms with E-state index >= 15 is 0 Å². The molecule has 0 bridgehead atoms. The van der Waals surface area contributed by atoms with Gasteiger partial charge in [0.2, 0.25) is 0 Å². The van der Waals surface area contributed by atoms with Gasteiger partial charge in [-0.15, -0.1) is 12.4 Å². The van der Waals surface area contributed by atoms with E-state index in [2.05, 4.69) is 51.1 Å². The van der Waals surface area contributed by atoms with Crippen molar-refractivity contribution < 1.29 is 0 Å². The van der Waals surface area contributed by atoms with E-state index in [1.807, 2.05) is 0 Å². The first kappa shape index (κ1) is 19.5. The molecular weight excluding hydrogens is 266 g/mol. The Morgan fingerprint density at radius 3 is 2.05 bits per heavy atom. The minimum absolute atomic E-state index is 0. The first-order chi connectivity index (χ1) is 9.18. The monoisotopic (exact) mass is 297 g/mol. The van der Waals surface area contributed by atoms with Crippen molar-refractivity contribution in [2.45, 2.75) is 77.2 Å². The molecule has 1 nitrogen and oxygen atoms in total. The third-order valence-electron chi connectivity index (χ3n) is 4.56. The van der Waals surface area contributed by atoms with Crippen LogP contribution in [0.15, 0.2) is 30.3 Å². The second kappa shape index (κ2) is 10.2. The van der Waals surface area contributed by atoms with Gasteiger partial charge in [-0.05, 0) is 24.8 Å². The Balaban J connectivity index is 0.00000361. The number of rotatable bonds is 9. The van der Waals surface area contributed by atoms with Gasteiger partial charge in [0.05, 0.1) is 0 Å². The van der Waals surface area contributed by atoms with E-state index in [4.69, 9.17) is 5.73 Å². The fourth-order valence-corrected chi connectivity index (χ4v) is 2.99. The maximum Gasteiger partial charge on any atom is 0.0218 e. The Kier molecular flexibility index (Phi) is 9.96. The second-order valence-electron chi connectivity index (χ2n) is 5.75. The number of nitrogens with two attached hydrogens (primary N) is 1. The molecule has 0 heterocycles. The molecule has 2 N–H and O–H groups in total. The highest BCUT2D eigenvalue weighted by molar-refractivity contribution is 5.85. The van der Waals surface area contributed by atoms with Gasteiger partial charge in [-0.1, -0.05) is 76.8 Å². The van der Waals surface area contributed by atoms with E-state index in [-0.39, 0.29) is 17.9 Å². The summed E-state index contributed by atoms with van der Waals surface area (Å²) in [6, 6.07) is 10.9. The summed E-state index contributed by atoms with van der Waals surface area (Å²) in [7, 11) is 0. The number of unbranched alkanes of at least 4 members (excludes halogenated alkanes) is 3. The molecule has 1 aromatic carbocycles. The predicted molar refractivity (Wildman–Crippen MR) is 92.7 cm³/mol. The van der Waals surface area contributed by atoms with Crippen molar-refractivity contribution in [3.8, 4) is 0 Å². The van der Waals surface area contributed by atoms with Crippen LogP contribution < -0.4 is 5.73 Å². The molecule has 20 heavy (non-hydrogen) atoms. The van der Waals surface area contributed by atoms with Gasteiger partial charge in [0.15, 0.2) is 0 Å². The van der Waals surface area contributed by atoms with Crippen LogP contribution in [0.1, 0.15) is 77.2 Å². The van der Waals surface area contributed by atoms with Crippen LogP contribution in [-0.4, -0.2) is 5.54 Å². The van der Waals surface area contributed by atoms with E-state index in [0.29, 0.717) is 5.92 Å². The summed E-state index contributed by atoms with van der Waals surface area (Å²) in [4.78, 5) is 0. The molecule has 0 fully saturated rings. The lowest BCUT2D eigenvalue weighted by Crippen LogP contribution is -2.44. The topological polar surface area (TPSA) is 26.0 Å². The highest BCUT2D eigenvalue weighted by Crippen LogP contribution is 2.36. The minimum atomic E-state index is -0.0480. The number of hydrogen-bond donors (Lipinski definition) is 1. The lowest BCUT2D eigenvalue weighted by atomic mass is 9.74. The van der Waals surface area contributed by atoms with Crippen molar-refractivity contribution in [2.24, 2.45) is 5.73 Å². The van der Waals surface area contributed by atoms with Crippen molar-refractivity contribution in [2.75, 3.05) is 0 Å². The van der Waals surface area contributed by atoms with E-state index in [1.54, 1.807) is 0 Å². The lowest BCUT2D eigenvalue weighted by Gasteiger charge is -2.37. The maximum atomic E-state index is 6.69. The molecule has 0 saturated carbocycles. The Hall–Kier alpha value is -0.530. The third kappa shape index (κ3) is 5.46. The van der Waals surface area contributed by atoms with Gasteiger partial charge in [0.25, 0.3) is 0 Å². The molecule has 116 valence electrons.